The smallest absolute Gasteiger partial charge is 0.410 e. The summed E-state index contributed by atoms with van der Waals surface area (Å²) >= 11 is 6.17. The molecule has 5 rings (SSSR count). The van der Waals surface area contributed by atoms with Crippen molar-refractivity contribution in [2.45, 2.75) is 72.5 Å². The summed E-state index contributed by atoms with van der Waals surface area (Å²) in [5.74, 6) is -0.347. The molecule has 2 aromatic rings. The van der Waals surface area contributed by atoms with Crippen LogP contribution >= 0.6 is 11.6 Å². The predicted molar refractivity (Wildman–Crippen MR) is 159 cm³/mol. The SMILES string of the molecule is CC.CC1CCN(C(=O)OC(C)(C)C)CCNc2nc(OCC3(CN4CCOCC4)CC3)nc3c(F)c(Cl)nc(c23)O1. The first-order valence-electron chi connectivity index (χ1n) is 14.9. The Morgan fingerprint density at radius 3 is 2.52 bits per heavy atom. The van der Waals surface area contributed by atoms with Crippen LogP contribution in [0.4, 0.5) is 15.0 Å². The summed E-state index contributed by atoms with van der Waals surface area (Å²) in [4.78, 5) is 30.0. The van der Waals surface area contributed by atoms with Gasteiger partial charge in [0.25, 0.3) is 0 Å². The predicted octanol–water partition coefficient (Wildman–Crippen LogP) is 5.15. The third-order valence-electron chi connectivity index (χ3n) is 7.26. The number of carbonyl (C=O) groups excluding carboxylic acids is 1. The number of nitrogens with zero attached hydrogens (tertiary/aromatic N) is 5. The third-order valence-corrected chi connectivity index (χ3v) is 7.51. The van der Waals surface area contributed by atoms with Gasteiger partial charge in [-0.15, -0.1) is 0 Å². The largest absolute Gasteiger partial charge is 0.474 e. The molecule has 0 spiro atoms. The van der Waals surface area contributed by atoms with Crippen molar-refractivity contribution in [3.63, 3.8) is 0 Å². The Morgan fingerprint density at radius 1 is 1.14 bits per heavy atom. The van der Waals surface area contributed by atoms with Crippen LogP contribution in [0.15, 0.2) is 0 Å². The lowest BCUT2D eigenvalue weighted by molar-refractivity contribution is 0.0231. The van der Waals surface area contributed by atoms with E-state index in [-0.39, 0.29) is 39.5 Å². The molecule has 1 aliphatic carbocycles. The van der Waals surface area contributed by atoms with E-state index in [1.165, 1.54) is 0 Å². The van der Waals surface area contributed by atoms with Gasteiger partial charge in [-0.2, -0.15) is 15.0 Å². The fraction of sp³-hybridized carbons (Fsp3) is 0.724. The Bertz CT molecular complexity index is 1240. The van der Waals surface area contributed by atoms with Crippen molar-refractivity contribution < 1.29 is 28.1 Å². The molecule has 3 aliphatic rings. The van der Waals surface area contributed by atoms with Gasteiger partial charge in [0, 0.05) is 51.1 Å². The van der Waals surface area contributed by atoms with Crippen LogP contribution in [0, 0.1) is 11.2 Å². The topological polar surface area (TPSA) is 111 Å². The van der Waals surface area contributed by atoms with E-state index in [0.717, 1.165) is 45.7 Å². The molecule has 2 aromatic heterocycles. The van der Waals surface area contributed by atoms with Crippen LogP contribution in [0.5, 0.6) is 11.9 Å². The second-order valence-electron chi connectivity index (χ2n) is 11.9. The molecule has 2 aliphatic heterocycles. The summed E-state index contributed by atoms with van der Waals surface area (Å²) in [5, 5.41) is 3.15. The van der Waals surface area contributed by atoms with E-state index in [0.29, 0.717) is 38.5 Å². The highest BCUT2D eigenvalue weighted by atomic mass is 35.5. The van der Waals surface area contributed by atoms with Crippen LogP contribution < -0.4 is 14.8 Å². The number of rotatable bonds is 5. The first-order valence-corrected chi connectivity index (χ1v) is 15.3. The van der Waals surface area contributed by atoms with Crippen LogP contribution in [0.2, 0.25) is 5.15 Å². The Morgan fingerprint density at radius 2 is 1.86 bits per heavy atom. The maximum atomic E-state index is 15.3. The van der Waals surface area contributed by atoms with E-state index >= 15 is 4.39 Å². The fourth-order valence-electron chi connectivity index (χ4n) is 4.86. The lowest BCUT2D eigenvalue weighted by Gasteiger charge is -2.30. The molecule has 1 saturated carbocycles. The van der Waals surface area contributed by atoms with Gasteiger partial charge in [-0.25, -0.2) is 9.18 Å². The van der Waals surface area contributed by atoms with E-state index < -0.39 is 17.5 Å². The number of amides is 1. The average molecular weight is 611 g/mol. The minimum atomic E-state index is -0.772. The van der Waals surface area contributed by atoms with Crippen molar-refractivity contribution in [2.24, 2.45) is 5.41 Å². The molecule has 1 atom stereocenters. The van der Waals surface area contributed by atoms with Crippen molar-refractivity contribution in [3.05, 3.63) is 11.0 Å². The summed E-state index contributed by atoms with van der Waals surface area (Å²) < 4.78 is 38.6. The monoisotopic (exact) mass is 610 g/mol. The molecule has 1 amide bonds. The molecule has 4 heterocycles. The molecular weight excluding hydrogens is 567 g/mol. The Kier molecular flexibility index (Phi) is 10.5. The van der Waals surface area contributed by atoms with Crippen LogP contribution in [0.25, 0.3) is 10.9 Å². The van der Waals surface area contributed by atoms with E-state index in [4.69, 9.17) is 30.5 Å². The van der Waals surface area contributed by atoms with E-state index in [1.54, 1.807) is 4.90 Å². The van der Waals surface area contributed by atoms with Gasteiger partial charge in [-0.3, -0.25) is 4.90 Å². The molecule has 13 heteroatoms. The molecule has 42 heavy (non-hydrogen) atoms. The zero-order chi connectivity index (χ0) is 30.5. The molecule has 1 saturated heterocycles. The minimum Gasteiger partial charge on any atom is -0.474 e. The van der Waals surface area contributed by atoms with Gasteiger partial charge in [0.15, 0.2) is 11.0 Å². The van der Waals surface area contributed by atoms with E-state index in [1.807, 2.05) is 41.5 Å². The Hall–Kier alpha value is -2.70. The first-order chi connectivity index (χ1) is 20.0. The number of hydrogen-bond donors (Lipinski definition) is 1. The molecule has 1 unspecified atom stereocenters. The molecule has 0 aromatic carbocycles. The first kappa shape index (κ1) is 32.2. The van der Waals surface area contributed by atoms with E-state index in [9.17, 15) is 4.79 Å². The van der Waals surface area contributed by atoms with Gasteiger partial charge in [0.05, 0.1) is 25.9 Å². The second kappa shape index (κ2) is 13.7. The number of anilines is 1. The maximum Gasteiger partial charge on any atom is 0.410 e. The summed E-state index contributed by atoms with van der Waals surface area (Å²) in [6, 6.07) is 0.0438. The summed E-state index contributed by atoms with van der Waals surface area (Å²) in [6.45, 7) is 17.0. The number of hydrogen-bond acceptors (Lipinski definition) is 10. The molecule has 0 bridgehead atoms. The van der Waals surface area contributed by atoms with Gasteiger partial charge >= 0.3 is 12.1 Å². The lowest BCUT2D eigenvalue weighted by atomic mass is 10.1. The van der Waals surface area contributed by atoms with Gasteiger partial charge < -0.3 is 29.2 Å². The van der Waals surface area contributed by atoms with Crippen LogP contribution in [0.1, 0.15) is 60.8 Å². The number of pyridine rings is 1. The number of aromatic nitrogens is 3. The van der Waals surface area contributed by atoms with Crippen molar-refractivity contribution in [1.29, 1.82) is 0 Å². The van der Waals surface area contributed by atoms with Crippen molar-refractivity contribution in [1.82, 2.24) is 24.8 Å². The minimum absolute atomic E-state index is 0.0219. The fourth-order valence-corrected chi connectivity index (χ4v) is 5.03. The van der Waals surface area contributed by atoms with E-state index in [2.05, 4.69) is 25.2 Å². The number of ether oxygens (including phenoxy) is 4. The van der Waals surface area contributed by atoms with Crippen LogP contribution in [0.3, 0.4) is 0 Å². The van der Waals surface area contributed by atoms with Crippen molar-refractivity contribution >= 4 is 34.4 Å². The molecule has 1 N–H and O–H groups in total. The quantitative estimate of drug-likeness (QED) is 0.456. The van der Waals surface area contributed by atoms with Gasteiger partial charge in [0.2, 0.25) is 5.88 Å². The standard InChI is InChI=1S/C27H38ClFN6O5.C2H6/c1-17-5-9-35(25(36)40-26(2,3)4)10-8-30-22-18-20(19(29)21(28)32-23(18)39-17)31-24(33-22)38-16-27(6-7-27)15-34-11-13-37-14-12-34;1-2/h17H,5-16H2,1-4H3,(H,30,31,33);1-2H3. The zero-order valence-corrected chi connectivity index (χ0v) is 26.4. The Labute approximate surface area is 252 Å². The van der Waals surface area contributed by atoms with Crippen molar-refractivity contribution in [2.75, 3.05) is 64.4 Å². The molecule has 0 radical (unpaired) electrons. The number of morpholine rings is 1. The highest BCUT2D eigenvalue weighted by Gasteiger charge is 2.45. The molecule has 234 valence electrons. The van der Waals surface area contributed by atoms with Gasteiger partial charge in [-0.05, 0) is 40.5 Å². The highest BCUT2D eigenvalue weighted by Crippen LogP contribution is 2.46. The maximum absolute atomic E-state index is 15.3. The second-order valence-corrected chi connectivity index (χ2v) is 12.2. The summed E-state index contributed by atoms with van der Waals surface area (Å²) in [6.07, 6.45) is 1.81. The summed E-state index contributed by atoms with van der Waals surface area (Å²) in [7, 11) is 0. The Balaban J connectivity index is 0.00000198. The third kappa shape index (κ3) is 8.23. The molecule has 2 fully saturated rings. The summed E-state index contributed by atoms with van der Waals surface area (Å²) in [5.41, 5.74) is -0.636. The van der Waals surface area contributed by atoms with Gasteiger partial charge in [0.1, 0.15) is 22.3 Å². The van der Waals surface area contributed by atoms with Crippen molar-refractivity contribution in [3.8, 4) is 11.9 Å². The van der Waals surface area contributed by atoms with Gasteiger partial charge in [-0.1, -0.05) is 25.4 Å². The highest BCUT2D eigenvalue weighted by molar-refractivity contribution is 6.30. The number of nitrogens with one attached hydrogen (secondary N) is 1. The van der Waals surface area contributed by atoms with Crippen LogP contribution in [-0.4, -0.2) is 102 Å². The lowest BCUT2D eigenvalue weighted by Crippen LogP contribution is -2.41. The normalized spacial score (nSPS) is 20.8. The molecular formula is C29H44ClFN6O5. The van der Waals surface area contributed by atoms with Crippen LogP contribution in [-0.2, 0) is 9.47 Å². The molecule has 11 nitrogen and oxygen atoms in total. The average Bonchev–Trinajstić information content (AvgIpc) is 3.71. The zero-order valence-electron chi connectivity index (χ0n) is 25.6. The number of halogens is 2. The number of carbonyl (C=O) groups is 1.